The first-order valence-corrected chi connectivity index (χ1v) is 12.7. The lowest BCUT2D eigenvalue weighted by atomic mass is 10.1. The Bertz CT molecular complexity index is 1340. The Morgan fingerprint density at radius 2 is 2.14 bits per heavy atom. The molecule has 1 saturated carbocycles. The summed E-state index contributed by atoms with van der Waals surface area (Å²) in [5.74, 6) is -0.624. The number of nitrogens with zero attached hydrogens (tertiary/aromatic N) is 4. The van der Waals surface area contributed by atoms with Crippen molar-refractivity contribution in [1.29, 1.82) is 0 Å². The van der Waals surface area contributed by atoms with Gasteiger partial charge >= 0.3 is 10.3 Å². The van der Waals surface area contributed by atoms with Gasteiger partial charge < -0.3 is 10.4 Å². The van der Waals surface area contributed by atoms with E-state index in [4.69, 9.17) is 4.18 Å². The molecule has 1 aliphatic rings. The molecule has 1 fully saturated rings. The molecule has 3 N–H and O–H groups in total. The lowest BCUT2D eigenvalue weighted by Crippen LogP contribution is -2.31. The molecule has 0 aliphatic heterocycles. The van der Waals surface area contributed by atoms with Gasteiger partial charge in [-0.25, -0.2) is 14.4 Å². The van der Waals surface area contributed by atoms with Crippen LogP contribution in [0.25, 0.3) is 0 Å². The molecule has 2 heterocycles. The number of nitrogens with one attached hydrogen (secondary N) is 2. The number of aliphatic hydroxyl groups excluding tert-OH is 1. The Hall–Kier alpha value is -2.78. The van der Waals surface area contributed by atoms with Gasteiger partial charge in [0.1, 0.15) is 29.8 Å². The number of hydrogen-bond acceptors (Lipinski definition) is 9. The number of hydrogen-bond donors (Lipinski definition) is 3. The van der Waals surface area contributed by atoms with Gasteiger partial charge in [0.2, 0.25) is 5.78 Å². The molecule has 3 aromatic rings. The third-order valence-corrected chi connectivity index (χ3v) is 6.98. The molecule has 0 radical (unpaired) electrons. The van der Waals surface area contributed by atoms with Crippen molar-refractivity contribution in [2.45, 2.75) is 37.6 Å². The molecule has 11 nitrogen and oxygen atoms in total. The number of ketones is 1. The number of carbonyl (C=O) groups excluding carboxylic acids is 1. The van der Waals surface area contributed by atoms with Crippen molar-refractivity contribution in [3.63, 3.8) is 0 Å². The summed E-state index contributed by atoms with van der Waals surface area (Å²) in [7, 11) is -2.76. The summed E-state index contributed by atoms with van der Waals surface area (Å²) >= 11 is 3.31. The van der Waals surface area contributed by atoms with E-state index in [0.29, 0.717) is 5.56 Å². The SMILES string of the molecule is CNS(=O)(=O)O[C@@H]1C[C@H](Nc2ncncc2C(=O)c2ccn(Cc3cc(Br)ccc3F)n2)C[C@@H]1O. The van der Waals surface area contributed by atoms with Crippen LogP contribution in [0.5, 0.6) is 0 Å². The molecule has 2 aromatic heterocycles. The Morgan fingerprint density at radius 3 is 2.91 bits per heavy atom. The molecule has 0 bridgehead atoms. The van der Waals surface area contributed by atoms with Crippen LogP contribution in [0.1, 0.15) is 34.5 Å². The number of rotatable bonds is 9. The predicted octanol–water partition coefficient (Wildman–Crippen LogP) is 1.64. The van der Waals surface area contributed by atoms with Gasteiger partial charge in [0.25, 0.3) is 0 Å². The van der Waals surface area contributed by atoms with E-state index in [0.717, 1.165) is 4.47 Å². The maximum atomic E-state index is 14.1. The summed E-state index contributed by atoms with van der Waals surface area (Å²) in [5.41, 5.74) is 0.669. The van der Waals surface area contributed by atoms with E-state index >= 15 is 0 Å². The average molecular weight is 569 g/mol. The van der Waals surface area contributed by atoms with Crippen LogP contribution < -0.4 is 10.0 Å². The van der Waals surface area contributed by atoms with Crippen molar-refractivity contribution in [3.05, 3.63) is 70.1 Å². The highest BCUT2D eigenvalue weighted by atomic mass is 79.9. The Kier molecular flexibility index (Phi) is 7.56. The molecule has 4 rings (SSSR count). The van der Waals surface area contributed by atoms with Crippen LogP contribution in [0.15, 0.2) is 47.5 Å². The van der Waals surface area contributed by atoms with E-state index in [9.17, 15) is 22.7 Å². The third-order valence-electron chi connectivity index (χ3n) is 5.48. The second-order valence-corrected chi connectivity index (χ2v) is 10.3. The van der Waals surface area contributed by atoms with E-state index in [1.807, 2.05) is 4.72 Å². The first-order valence-electron chi connectivity index (χ1n) is 10.5. The molecule has 186 valence electrons. The zero-order valence-corrected chi connectivity index (χ0v) is 20.8. The second-order valence-electron chi connectivity index (χ2n) is 7.92. The molecule has 14 heteroatoms. The maximum Gasteiger partial charge on any atom is 0.335 e. The van der Waals surface area contributed by atoms with E-state index in [1.54, 1.807) is 18.3 Å². The van der Waals surface area contributed by atoms with Crippen molar-refractivity contribution in [3.8, 4) is 0 Å². The fraction of sp³-hybridized carbons (Fsp3) is 0.333. The van der Waals surface area contributed by atoms with Crippen molar-refractivity contribution >= 4 is 37.8 Å². The Morgan fingerprint density at radius 1 is 1.34 bits per heavy atom. The third kappa shape index (κ3) is 6.08. The number of halogens is 2. The van der Waals surface area contributed by atoms with E-state index in [2.05, 4.69) is 36.3 Å². The van der Waals surface area contributed by atoms with Crippen LogP contribution >= 0.6 is 15.9 Å². The lowest BCUT2D eigenvalue weighted by Gasteiger charge is -2.15. The zero-order chi connectivity index (χ0) is 25.2. The average Bonchev–Trinajstić information content (AvgIpc) is 3.42. The lowest BCUT2D eigenvalue weighted by molar-refractivity contribution is 0.0636. The molecule has 1 aliphatic carbocycles. The summed E-state index contributed by atoms with van der Waals surface area (Å²) in [6.45, 7) is 0.131. The Balaban J connectivity index is 1.48. The van der Waals surface area contributed by atoms with Crippen molar-refractivity contribution in [2.75, 3.05) is 12.4 Å². The topological polar surface area (TPSA) is 148 Å². The zero-order valence-electron chi connectivity index (χ0n) is 18.4. The van der Waals surface area contributed by atoms with Crippen LogP contribution in [0.2, 0.25) is 0 Å². The van der Waals surface area contributed by atoms with Gasteiger partial charge in [-0.15, -0.1) is 0 Å². The van der Waals surface area contributed by atoms with Gasteiger partial charge in [-0.1, -0.05) is 15.9 Å². The van der Waals surface area contributed by atoms with Crippen molar-refractivity contribution < 1.29 is 26.9 Å². The fourth-order valence-electron chi connectivity index (χ4n) is 3.76. The minimum absolute atomic E-state index is 0.117. The monoisotopic (exact) mass is 568 g/mol. The van der Waals surface area contributed by atoms with Crippen LogP contribution in [0.4, 0.5) is 10.2 Å². The predicted molar refractivity (Wildman–Crippen MR) is 126 cm³/mol. The summed E-state index contributed by atoms with van der Waals surface area (Å²) in [6.07, 6.45) is 2.57. The highest BCUT2D eigenvalue weighted by molar-refractivity contribution is 9.10. The molecule has 0 unspecified atom stereocenters. The van der Waals surface area contributed by atoms with Crippen molar-refractivity contribution in [1.82, 2.24) is 24.5 Å². The normalized spacial score (nSPS) is 20.2. The first kappa shape index (κ1) is 25.3. The quantitative estimate of drug-likeness (QED) is 0.327. The summed E-state index contributed by atoms with van der Waals surface area (Å²) < 4.78 is 46.6. The number of aromatic nitrogens is 4. The van der Waals surface area contributed by atoms with Gasteiger partial charge in [0.15, 0.2) is 0 Å². The maximum absolute atomic E-state index is 14.1. The minimum Gasteiger partial charge on any atom is -0.390 e. The van der Waals surface area contributed by atoms with E-state index < -0.39 is 34.3 Å². The smallest absolute Gasteiger partial charge is 0.335 e. The largest absolute Gasteiger partial charge is 0.390 e. The van der Waals surface area contributed by atoms with Gasteiger partial charge in [-0.3, -0.25) is 13.7 Å². The van der Waals surface area contributed by atoms with Gasteiger partial charge in [0, 0.05) is 35.5 Å². The summed E-state index contributed by atoms with van der Waals surface area (Å²) in [6, 6.07) is 5.69. The van der Waals surface area contributed by atoms with Crippen LogP contribution in [0.3, 0.4) is 0 Å². The minimum atomic E-state index is -3.97. The number of carbonyl (C=O) groups is 1. The molecular weight excluding hydrogens is 547 g/mol. The van der Waals surface area contributed by atoms with Gasteiger partial charge in [-0.05, 0) is 37.1 Å². The summed E-state index contributed by atoms with van der Waals surface area (Å²) in [5, 5.41) is 17.5. The molecule has 35 heavy (non-hydrogen) atoms. The van der Waals surface area contributed by atoms with Crippen LogP contribution in [-0.4, -0.2) is 64.4 Å². The molecule has 1 aromatic carbocycles. The van der Waals surface area contributed by atoms with E-state index in [-0.39, 0.29) is 42.3 Å². The fourth-order valence-corrected chi connectivity index (χ4v) is 4.80. The van der Waals surface area contributed by atoms with Gasteiger partial charge in [0.05, 0.1) is 18.2 Å². The Labute approximate surface area is 209 Å². The molecule has 0 spiro atoms. The van der Waals surface area contributed by atoms with Crippen molar-refractivity contribution in [2.24, 2.45) is 0 Å². The number of anilines is 1. The number of benzene rings is 1. The highest BCUT2D eigenvalue weighted by Gasteiger charge is 2.37. The van der Waals surface area contributed by atoms with Crippen LogP contribution in [-0.2, 0) is 21.0 Å². The summed E-state index contributed by atoms with van der Waals surface area (Å²) in [4.78, 5) is 21.2. The van der Waals surface area contributed by atoms with E-state index in [1.165, 1.54) is 36.4 Å². The molecule has 3 atom stereocenters. The molecule has 0 amide bonds. The molecular formula is C21H22BrFN6O5S. The second kappa shape index (κ2) is 10.5. The number of aliphatic hydroxyl groups is 1. The highest BCUT2D eigenvalue weighted by Crippen LogP contribution is 2.28. The van der Waals surface area contributed by atoms with Crippen LogP contribution in [0, 0.1) is 5.82 Å². The van der Waals surface area contributed by atoms with Gasteiger partial charge in [-0.2, -0.15) is 18.2 Å². The first-order chi connectivity index (χ1) is 16.6. The molecule has 0 saturated heterocycles. The standard InChI is InChI=1S/C21H22BrFN6O5S/c1-24-35(32,33)34-19-8-14(7-18(19)30)27-21-15(9-25-11-26-21)20(31)17-4-5-29(28-17)10-12-6-13(22)2-3-16(12)23/h2-6,9,11,14,18-19,24,30H,7-8,10H2,1H3,(H,25,26,27)/t14-,18+,19-/m1/s1.